The smallest absolute Gasteiger partial charge is 0.240 e. The van der Waals surface area contributed by atoms with E-state index in [1.807, 2.05) is 6.92 Å². The van der Waals surface area contributed by atoms with Gasteiger partial charge in [0.05, 0.1) is 18.4 Å². The summed E-state index contributed by atoms with van der Waals surface area (Å²) in [5.41, 5.74) is 0.488. The third kappa shape index (κ3) is 7.57. The zero-order chi connectivity index (χ0) is 23.5. The Labute approximate surface area is 193 Å². The molecule has 0 aliphatic carbocycles. The Morgan fingerprint density at radius 1 is 1.12 bits per heavy atom. The summed E-state index contributed by atoms with van der Waals surface area (Å²) >= 11 is 0. The van der Waals surface area contributed by atoms with Crippen LogP contribution >= 0.6 is 0 Å². The van der Waals surface area contributed by atoms with E-state index in [1.54, 1.807) is 48.7 Å². The number of nitrogens with one attached hydrogen (secondary N) is 2. The molecule has 2 heterocycles. The maximum atomic E-state index is 13.1. The van der Waals surface area contributed by atoms with E-state index >= 15 is 0 Å². The number of rotatable bonds is 11. The SMILES string of the molecule is CCOc1ccccc1N(CC(=O)NC[C@H]1CCCO1)C(=O)CCC(=O)Nc1ccccn1. The Morgan fingerprint density at radius 2 is 1.94 bits per heavy atom. The number of pyridine rings is 1. The van der Waals surface area contributed by atoms with Gasteiger partial charge in [-0.15, -0.1) is 0 Å². The number of hydrogen-bond donors (Lipinski definition) is 2. The molecule has 2 N–H and O–H groups in total. The van der Waals surface area contributed by atoms with Crippen molar-refractivity contribution in [2.75, 3.05) is 36.5 Å². The molecule has 1 atom stereocenters. The summed E-state index contributed by atoms with van der Waals surface area (Å²) in [6.07, 6.45) is 3.35. The average molecular weight is 455 g/mol. The van der Waals surface area contributed by atoms with Gasteiger partial charge in [0.25, 0.3) is 0 Å². The zero-order valence-corrected chi connectivity index (χ0v) is 18.8. The molecule has 3 amide bonds. The highest BCUT2D eigenvalue weighted by Crippen LogP contribution is 2.28. The van der Waals surface area contributed by atoms with Crippen molar-refractivity contribution < 1.29 is 23.9 Å². The molecule has 9 nitrogen and oxygen atoms in total. The molecule has 1 aromatic heterocycles. The maximum absolute atomic E-state index is 13.1. The second kappa shape index (κ2) is 12.5. The van der Waals surface area contributed by atoms with Crippen molar-refractivity contribution in [1.29, 1.82) is 0 Å². The zero-order valence-electron chi connectivity index (χ0n) is 18.8. The van der Waals surface area contributed by atoms with Crippen LogP contribution in [0.25, 0.3) is 0 Å². The van der Waals surface area contributed by atoms with Gasteiger partial charge in [-0.25, -0.2) is 4.98 Å². The Balaban J connectivity index is 1.65. The van der Waals surface area contributed by atoms with Crippen LogP contribution in [-0.4, -0.2) is 55.1 Å². The van der Waals surface area contributed by atoms with Crippen molar-refractivity contribution in [3.05, 3.63) is 48.7 Å². The van der Waals surface area contributed by atoms with Crippen LogP contribution < -0.4 is 20.3 Å². The summed E-state index contributed by atoms with van der Waals surface area (Å²) in [6, 6.07) is 12.2. The van der Waals surface area contributed by atoms with Crippen molar-refractivity contribution >= 4 is 29.2 Å². The van der Waals surface area contributed by atoms with Gasteiger partial charge in [-0.2, -0.15) is 0 Å². The Morgan fingerprint density at radius 3 is 2.67 bits per heavy atom. The summed E-state index contributed by atoms with van der Waals surface area (Å²) in [6.45, 7) is 3.18. The van der Waals surface area contributed by atoms with E-state index in [0.717, 1.165) is 12.8 Å². The molecule has 33 heavy (non-hydrogen) atoms. The lowest BCUT2D eigenvalue weighted by molar-refractivity contribution is -0.125. The van der Waals surface area contributed by atoms with Crippen molar-refractivity contribution in [1.82, 2.24) is 10.3 Å². The van der Waals surface area contributed by atoms with E-state index in [9.17, 15) is 14.4 Å². The van der Waals surface area contributed by atoms with Crippen molar-refractivity contribution in [3.8, 4) is 5.75 Å². The summed E-state index contributed by atoms with van der Waals surface area (Å²) in [5.74, 6) is -0.0724. The highest BCUT2D eigenvalue weighted by Gasteiger charge is 2.24. The number of carbonyl (C=O) groups is 3. The van der Waals surface area contributed by atoms with Gasteiger partial charge in [0.1, 0.15) is 18.1 Å². The van der Waals surface area contributed by atoms with Crippen LogP contribution in [0.5, 0.6) is 5.75 Å². The summed E-state index contributed by atoms with van der Waals surface area (Å²) in [4.78, 5) is 43.5. The van der Waals surface area contributed by atoms with Gasteiger partial charge in [0.2, 0.25) is 17.7 Å². The molecule has 1 aliphatic heterocycles. The third-order valence-corrected chi connectivity index (χ3v) is 5.11. The lowest BCUT2D eigenvalue weighted by Gasteiger charge is -2.25. The van der Waals surface area contributed by atoms with Crippen LogP contribution in [0.15, 0.2) is 48.7 Å². The molecule has 176 valence electrons. The number of anilines is 2. The van der Waals surface area contributed by atoms with Gasteiger partial charge in [-0.05, 0) is 44.0 Å². The number of ether oxygens (including phenoxy) is 2. The largest absolute Gasteiger partial charge is 0.492 e. The van der Waals surface area contributed by atoms with Crippen LogP contribution in [0.3, 0.4) is 0 Å². The molecule has 3 rings (SSSR count). The number of amides is 3. The first-order valence-corrected chi connectivity index (χ1v) is 11.2. The molecule has 0 bridgehead atoms. The fourth-order valence-corrected chi connectivity index (χ4v) is 3.50. The predicted octanol–water partition coefficient (Wildman–Crippen LogP) is 2.53. The maximum Gasteiger partial charge on any atom is 0.240 e. The van der Waals surface area contributed by atoms with Gasteiger partial charge in [-0.1, -0.05) is 18.2 Å². The van der Waals surface area contributed by atoms with Crippen LogP contribution in [0.1, 0.15) is 32.6 Å². The third-order valence-electron chi connectivity index (χ3n) is 5.11. The van der Waals surface area contributed by atoms with E-state index in [4.69, 9.17) is 9.47 Å². The lowest BCUT2D eigenvalue weighted by Crippen LogP contribution is -2.43. The van der Waals surface area contributed by atoms with Crippen LogP contribution in [0, 0.1) is 0 Å². The minimum absolute atomic E-state index is 0.00380. The number of aromatic nitrogens is 1. The number of carbonyl (C=O) groups excluding carboxylic acids is 3. The lowest BCUT2D eigenvalue weighted by atomic mass is 10.2. The summed E-state index contributed by atoms with van der Waals surface area (Å²) < 4.78 is 11.2. The van der Waals surface area contributed by atoms with Gasteiger partial charge in [-0.3, -0.25) is 19.3 Å². The molecule has 1 aromatic carbocycles. The van der Waals surface area contributed by atoms with E-state index < -0.39 is 0 Å². The van der Waals surface area contributed by atoms with Crippen molar-refractivity contribution in [2.45, 2.75) is 38.7 Å². The van der Waals surface area contributed by atoms with Gasteiger partial charge < -0.3 is 20.1 Å². The molecule has 1 saturated heterocycles. The molecule has 1 aliphatic rings. The topological polar surface area (TPSA) is 110 Å². The summed E-state index contributed by atoms with van der Waals surface area (Å²) in [5, 5.41) is 5.50. The molecule has 0 radical (unpaired) electrons. The second-order valence-electron chi connectivity index (χ2n) is 7.58. The van der Waals surface area contributed by atoms with Gasteiger partial charge in [0.15, 0.2) is 0 Å². The van der Waals surface area contributed by atoms with Crippen molar-refractivity contribution in [3.63, 3.8) is 0 Å². The molecule has 2 aromatic rings. The fraction of sp³-hybridized carbons (Fsp3) is 0.417. The molecule has 9 heteroatoms. The normalized spacial score (nSPS) is 15.0. The number of para-hydroxylation sites is 2. The minimum Gasteiger partial charge on any atom is -0.492 e. The van der Waals surface area contributed by atoms with Crippen LogP contribution in [0.4, 0.5) is 11.5 Å². The number of nitrogens with zero attached hydrogens (tertiary/aromatic N) is 2. The van der Waals surface area contributed by atoms with E-state index in [0.29, 0.717) is 37.0 Å². The molecule has 0 spiro atoms. The summed E-state index contributed by atoms with van der Waals surface area (Å²) in [7, 11) is 0. The first-order chi connectivity index (χ1) is 16.1. The van der Waals surface area contributed by atoms with Gasteiger partial charge in [0, 0.05) is 32.2 Å². The van der Waals surface area contributed by atoms with E-state index in [1.165, 1.54) is 4.90 Å². The monoisotopic (exact) mass is 454 g/mol. The highest BCUT2D eigenvalue weighted by molar-refractivity contribution is 6.02. The Bertz CT molecular complexity index is 931. The van der Waals surface area contributed by atoms with E-state index in [2.05, 4.69) is 15.6 Å². The fourth-order valence-electron chi connectivity index (χ4n) is 3.50. The minimum atomic E-state index is -0.356. The highest BCUT2D eigenvalue weighted by atomic mass is 16.5. The second-order valence-corrected chi connectivity index (χ2v) is 7.58. The quantitative estimate of drug-likeness (QED) is 0.540. The number of hydrogen-bond acceptors (Lipinski definition) is 6. The standard InChI is InChI=1S/C24H30N4O5/c1-2-32-20-10-4-3-9-19(20)28(17-23(30)26-16-18-8-7-15-33-18)24(31)13-12-22(29)27-21-11-5-6-14-25-21/h3-6,9-11,14,18H,2,7-8,12-13,15-17H2,1H3,(H,26,30)(H,25,27,29)/t18-/m1/s1. The molecular formula is C24H30N4O5. The Hall–Kier alpha value is -3.46. The molecular weight excluding hydrogens is 424 g/mol. The molecule has 1 fully saturated rings. The van der Waals surface area contributed by atoms with Crippen molar-refractivity contribution in [2.24, 2.45) is 0 Å². The number of benzene rings is 1. The Kier molecular flexibility index (Phi) is 9.19. The average Bonchev–Trinajstić information content (AvgIpc) is 3.35. The predicted molar refractivity (Wildman–Crippen MR) is 124 cm³/mol. The molecule has 0 saturated carbocycles. The van der Waals surface area contributed by atoms with E-state index in [-0.39, 0.29) is 43.2 Å². The van der Waals surface area contributed by atoms with Crippen LogP contribution in [0.2, 0.25) is 0 Å². The van der Waals surface area contributed by atoms with Crippen LogP contribution in [-0.2, 0) is 19.1 Å². The van der Waals surface area contributed by atoms with Gasteiger partial charge >= 0.3 is 0 Å². The first kappa shape index (κ1) is 24.2. The first-order valence-electron chi connectivity index (χ1n) is 11.2. The molecule has 0 unspecified atom stereocenters.